The number of aliphatic hydroxyl groups is 1. The van der Waals surface area contributed by atoms with Gasteiger partial charge in [-0.05, 0) is 24.8 Å². The van der Waals surface area contributed by atoms with E-state index in [0.29, 0.717) is 24.7 Å². The summed E-state index contributed by atoms with van der Waals surface area (Å²) in [7, 11) is 0. The zero-order valence-electron chi connectivity index (χ0n) is 10.1. The normalized spacial score (nSPS) is 12.0. The van der Waals surface area contributed by atoms with Gasteiger partial charge in [0.25, 0.3) is 0 Å². The molecular formula is C11H21N3O2. The third-order valence-electron chi connectivity index (χ3n) is 2.68. The van der Waals surface area contributed by atoms with Crippen LogP contribution in [-0.2, 0) is 12.8 Å². The number of aliphatic hydroxyl groups excluding tert-OH is 1. The Kier molecular flexibility index (Phi) is 4.89. The van der Waals surface area contributed by atoms with E-state index in [9.17, 15) is 0 Å². The van der Waals surface area contributed by atoms with Gasteiger partial charge in [0.15, 0.2) is 5.82 Å². The fraction of sp³-hybridized carbons (Fsp3) is 0.818. The molecule has 1 rings (SSSR count). The second kappa shape index (κ2) is 5.96. The average Bonchev–Trinajstić information content (AvgIpc) is 2.64. The summed E-state index contributed by atoms with van der Waals surface area (Å²) in [6, 6.07) is 0. The highest BCUT2D eigenvalue weighted by atomic mass is 16.5. The first-order chi connectivity index (χ1) is 7.57. The molecule has 0 unspecified atom stereocenters. The summed E-state index contributed by atoms with van der Waals surface area (Å²) in [6.07, 6.45) is 3.19. The first kappa shape index (κ1) is 13.1. The molecule has 16 heavy (non-hydrogen) atoms. The molecular weight excluding hydrogens is 206 g/mol. The highest BCUT2D eigenvalue weighted by Gasteiger charge is 2.18. The molecule has 0 aliphatic heterocycles. The minimum atomic E-state index is 0.0532. The van der Waals surface area contributed by atoms with Crippen molar-refractivity contribution in [2.24, 2.45) is 11.1 Å². The predicted octanol–water partition coefficient (Wildman–Crippen LogP) is 0.912. The number of aryl methyl sites for hydroxylation is 1. The van der Waals surface area contributed by atoms with Gasteiger partial charge in [0.2, 0.25) is 5.89 Å². The van der Waals surface area contributed by atoms with E-state index in [1.165, 1.54) is 0 Å². The molecule has 0 aliphatic carbocycles. The zero-order valence-corrected chi connectivity index (χ0v) is 10.1. The van der Waals surface area contributed by atoms with Gasteiger partial charge in [0.1, 0.15) is 0 Å². The van der Waals surface area contributed by atoms with Gasteiger partial charge in [0, 0.05) is 12.8 Å². The quantitative estimate of drug-likeness (QED) is 0.723. The molecule has 92 valence electrons. The van der Waals surface area contributed by atoms with Crippen LogP contribution < -0.4 is 5.73 Å². The first-order valence-electron chi connectivity index (χ1n) is 5.70. The van der Waals surface area contributed by atoms with E-state index in [1.54, 1.807) is 0 Å². The van der Waals surface area contributed by atoms with Gasteiger partial charge in [-0.1, -0.05) is 19.0 Å². The molecule has 0 atom stereocenters. The Hall–Kier alpha value is -0.940. The summed E-state index contributed by atoms with van der Waals surface area (Å²) >= 11 is 0. The summed E-state index contributed by atoms with van der Waals surface area (Å²) in [5, 5.41) is 12.5. The predicted molar refractivity (Wildman–Crippen MR) is 60.9 cm³/mol. The standard InChI is InChI=1S/C11H21N3O2/c1-11(2,6-7-12)5-3-10-13-9(4-8-15)14-16-10/h15H,3-8,12H2,1-2H3. The zero-order chi connectivity index (χ0) is 12.0. The highest BCUT2D eigenvalue weighted by molar-refractivity contribution is 4.88. The van der Waals surface area contributed by atoms with Crippen molar-refractivity contribution in [3.63, 3.8) is 0 Å². The van der Waals surface area contributed by atoms with Crippen LogP contribution in [0.4, 0.5) is 0 Å². The van der Waals surface area contributed by atoms with E-state index < -0.39 is 0 Å². The van der Waals surface area contributed by atoms with Crippen molar-refractivity contribution >= 4 is 0 Å². The average molecular weight is 227 g/mol. The molecule has 0 radical (unpaired) electrons. The maximum atomic E-state index is 8.72. The van der Waals surface area contributed by atoms with Gasteiger partial charge in [-0.3, -0.25) is 0 Å². The van der Waals surface area contributed by atoms with Gasteiger partial charge in [0.05, 0.1) is 6.61 Å². The highest BCUT2D eigenvalue weighted by Crippen LogP contribution is 2.25. The lowest BCUT2D eigenvalue weighted by molar-refractivity contribution is 0.285. The Balaban J connectivity index is 2.41. The number of hydrogen-bond donors (Lipinski definition) is 2. The van der Waals surface area contributed by atoms with E-state index in [-0.39, 0.29) is 12.0 Å². The van der Waals surface area contributed by atoms with E-state index >= 15 is 0 Å². The SMILES string of the molecule is CC(C)(CCN)CCc1nc(CCO)no1. The van der Waals surface area contributed by atoms with Gasteiger partial charge in [-0.2, -0.15) is 4.98 Å². The molecule has 0 spiro atoms. The van der Waals surface area contributed by atoms with Crippen molar-refractivity contribution < 1.29 is 9.63 Å². The van der Waals surface area contributed by atoms with Crippen molar-refractivity contribution in [3.8, 4) is 0 Å². The topological polar surface area (TPSA) is 85.2 Å². The molecule has 0 bridgehead atoms. The molecule has 0 fully saturated rings. The largest absolute Gasteiger partial charge is 0.396 e. The van der Waals surface area contributed by atoms with Crippen molar-refractivity contribution in [3.05, 3.63) is 11.7 Å². The molecule has 0 aliphatic rings. The Morgan fingerprint density at radius 2 is 2.06 bits per heavy atom. The van der Waals surface area contributed by atoms with Crippen LogP contribution in [0.25, 0.3) is 0 Å². The Bertz CT molecular complexity index is 310. The fourth-order valence-electron chi connectivity index (χ4n) is 1.55. The minimum absolute atomic E-state index is 0.0532. The number of nitrogens with two attached hydrogens (primary N) is 1. The van der Waals surface area contributed by atoms with Gasteiger partial charge in [-0.25, -0.2) is 0 Å². The molecule has 0 saturated heterocycles. The van der Waals surface area contributed by atoms with Crippen LogP contribution >= 0.6 is 0 Å². The van der Waals surface area contributed by atoms with Crippen LogP contribution in [0.5, 0.6) is 0 Å². The third-order valence-corrected chi connectivity index (χ3v) is 2.68. The van der Waals surface area contributed by atoms with Crippen LogP contribution in [0.2, 0.25) is 0 Å². The lowest BCUT2D eigenvalue weighted by Crippen LogP contribution is -2.17. The second-order valence-corrected chi connectivity index (χ2v) is 4.78. The number of aromatic nitrogens is 2. The van der Waals surface area contributed by atoms with Crippen LogP contribution in [0.3, 0.4) is 0 Å². The molecule has 1 aromatic rings. The lowest BCUT2D eigenvalue weighted by Gasteiger charge is -2.22. The maximum Gasteiger partial charge on any atom is 0.226 e. The molecule has 3 N–H and O–H groups in total. The summed E-state index contributed by atoms with van der Waals surface area (Å²) in [5.41, 5.74) is 5.76. The van der Waals surface area contributed by atoms with Gasteiger partial charge >= 0.3 is 0 Å². The Morgan fingerprint density at radius 3 is 2.69 bits per heavy atom. The minimum Gasteiger partial charge on any atom is -0.396 e. The molecule has 5 nitrogen and oxygen atoms in total. The van der Waals surface area contributed by atoms with E-state index in [2.05, 4.69) is 24.0 Å². The fourth-order valence-corrected chi connectivity index (χ4v) is 1.55. The first-order valence-corrected chi connectivity index (χ1v) is 5.70. The van der Waals surface area contributed by atoms with Crippen LogP contribution in [-0.4, -0.2) is 28.4 Å². The Morgan fingerprint density at radius 1 is 1.31 bits per heavy atom. The number of hydrogen-bond acceptors (Lipinski definition) is 5. The van der Waals surface area contributed by atoms with Crippen molar-refractivity contribution in [2.45, 2.75) is 39.5 Å². The summed E-state index contributed by atoms with van der Waals surface area (Å²) < 4.78 is 5.09. The molecule has 1 heterocycles. The molecule has 0 aromatic carbocycles. The monoisotopic (exact) mass is 227 g/mol. The van der Waals surface area contributed by atoms with Crippen molar-refractivity contribution in [1.82, 2.24) is 10.1 Å². The Labute approximate surface area is 96.0 Å². The smallest absolute Gasteiger partial charge is 0.226 e. The van der Waals surface area contributed by atoms with E-state index in [0.717, 1.165) is 19.3 Å². The summed E-state index contributed by atoms with van der Waals surface area (Å²) in [5.74, 6) is 1.22. The number of rotatable bonds is 7. The summed E-state index contributed by atoms with van der Waals surface area (Å²) in [4.78, 5) is 4.19. The van der Waals surface area contributed by atoms with Crippen LogP contribution in [0, 0.1) is 5.41 Å². The van der Waals surface area contributed by atoms with Crippen molar-refractivity contribution in [1.29, 1.82) is 0 Å². The lowest BCUT2D eigenvalue weighted by atomic mass is 9.84. The summed E-state index contributed by atoms with van der Waals surface area (Å²) in [6.45, 7) is 5.12. The van der Waals surface area contributed by atoms with Crippen LogP contribution in [0.15, 0.2) is 4.52 Å². The molecule has 0 amide bonds. The van der Waals surface area contributed by atoms with E-state index in [4.69, 9.17) is 15.4 Å². The van der Waals surface area contributed by atoms with Crippen LogP contribution in [0.1, 0.15) is 38.4 Å². The number of nitrogens with zero attached hydrogens (tertiary/aromatic N) is 2. The van der Waals surface area contributed by atoms with Crippen molar-refractivity contribution in [2.75, 3.05) is 13.2 Å². The van der Waals surface area contributed by atoms with Gasteiger partial charge < -0.3 is 15.4 Å². The third kappa shape index (κ3) is 4.28. The molecule has 1 aromatic heterocycles. The second-order valence-electron chi connectivity index (χ2n) is 4.78. The molecule has 5 heteroatoms. The maximum absolute atomic E-state index is 8.72. The van der Waals surface area contributed by atoms with E-state index in [1.807, 2.05) is 0 Å². The molecule has 0 saturated carbocycles. The van der Waals surface area contributed by atoms with Gasteiger partial charge in [-0.15, -0.1) is 0 Å².